The van der Waals surface area contributed by atoms with Gasteiger partial charge in [0.15, 0.2) is 0 Å². The van der Waals surface area contributed by atoms with Crippen LogP contribution in [0.5, 0.6) is 0 Å². The van der Waals surface area contributed by atoms with Crippen LogP contribution < -0.4 is 4.90 Å². The number of nitro benzene ring substituents is 1. The monoisotopic (exact) mass is 334 g/mol. The van der Waals surface area contributed by atoms with Gasteiger partial charge in [-0.15, -0.1) is 0 Å². The van der Waals surface area contributed by atoms with Crippen molar-refractivity contribution in [2.75, 3.05) is 24.6 Å². The Morgan fingerprint density at radius 3 is 2.68 bits per heavy atom. The van der Waals surface area contributed by atoms with Gasteiger partial charge in [0.2, 0.25) is 0 Å². The fourth-order valence-electron chi connectivity index (χ4n) is 1.75. The molecule has 0 aromatic heterocycles. The lowest BCUT2D eigenvalue weighted by Crippen LogP contribution is -2.28. The molecule has 0 atom stereocenters. The Balaban J connectivity index is 3.19. The van der Waals surface area contributed by atoms with Crippen molar-refractivity contribution < 1.29 is 14.4 Å². The molecule has 0 fully saturated rings. The number of hydrogen-bond donors (Lipinski definition) is 1. The van der Waals surface area contributed by atoms with Crippen LogP contribution in [0.1, 0.15) is 19.8 Å². The molecule has 0 unspecified atom stereocenters. The minimum Gasteiger partial charge on any atom is -0.395 e. The van der Waals surface area contributed by atoms with Crippen LogP contribution in [-0.2, 0) is 0 Å². The maximum absolute atomic E-state index is 13.6. The number of benzene rings is 1. The molecule has 1 rings (SSSR count). The summed E-state index contributed by atoms with van der Waals surface area (Å²) in [5.41, 5.74) is 0.0334. The average Bonchev–Trinajstić information content (AvgIpc) is 2.37. The third-order valence-corrected chi connectivity index (χ3v) is 3.31. The van der Waals surface area contributed by atoms with Crippen LogP contribution in [0.2, 0.25) is 0 Å². The van der Waals surface area contributed by atoms with Crippen molar-refractivity contribution in [2.24, 2.45) is 0 Å². The van der Waals surface area contributed by atoms with E-state index in [2.05, 4.69) is 15.9 Å². The summed E-state index contributed by atoms with van der Waals surface area (Å²) in [6.07, 6.45) is 1.73. The highest BCUT2D eigenvalue weighted by molar-refractivity contribution is 9.10. The summed E-state index contributed by atoms with van der Waals surface area (Å²) in [7, 11) is 0. The summed E-state index contributed by atoms with van der Waals surface area (Å²) in [6, 6.07) is 2.29. The maximum Gasteiger partial charge on any atom is 0.293 e. The number of halogens is 2. The van der Waals surface area contributed by atoms with Gasteiger partial charge in [0, 0.05) is 25.2 Å². The van der Waals surface area contributed by atoms with E-state index in [0.29, 0.717) is 6.54 Å². The predicted octanol–water partition coefficient (Wildman–Crippen LogP) is 3.10. The molecule has 1 N–H and O–H groups in total. The van der Waals surface area contributed by atoms with Gasteiger partial charge in [0.25, 0.3) is 5.69 Å². The number of aliphatic hydroxyl groups is 1. The molecule has 0 saturated heterocycles. The van der Waals surface area contributed by atoms with Gasteiger partial charge < -0.3 is 10.0 Å². The number of unbranched alkanes of at least 4 members (excludes halogenated alkanes) is 1. The van der Waals surface area contributed by atoms with Crippen molar-refractivity contribution >= 4 is 27.3 Å². The Hall–Kier alpha value is -1.21. The molecule has 0 radical (unpaired) electrons. The summed E-state index contributed by atoms with van der Waals surface area (Å²) in [4.78, 5) is 12.1. The first-order valence-corrected chi connectivity index (χ1v) is 6.79. The lowest BCUT2D eigenvalue weighted by molar-refractivity contribution is -0.384. The van der Waals surface area contributed by atoms with Crippen LogP contribution in [0.3, 0.4) is 0 Å². The fourth-order valence-corrected chi connectivity index (χ4v) is 2.08. The molecule has 0 aliphatic heterocycles. The predicted molar refractivity (Wildman–Crippen MR) is 75.0 cm³/mol. The molecule has 0 spiro atoms. The van der Waals surface area contributed by atoms with Crippen LogP contribution in [0.15, 0.2) is 16.6 Å². The van der Waals surface area contributed by atoms with Crippen LogP contribution in [0.4, 0.5) is 15.8 Å². The highest BCUT2D eigenvalue weighted by atomic mass is 79.9. The number of anilines is 1. The number of rotatable bonds is 7. The van der Waals surface area contributed by atoms with Crippen LogP contribution in [0.25, 0.3) is 0 Å². The van der Waals surface area contributed by atoms with E-state index in [4.69, 9.17) is 5.11 Å². The summed E-state index contributed by atoms with van der Waals surface area (Å²) in [5.74, 6) is -0.556. The van der Waals surface area contributed by atoms with Gasteiger partial charge in [-0.2, -0.15) is 0 Å². The van der Waals surface area contributed by atoms with Gasteiger partial charge in [0.05, 0.1) is 16.0 Å². The molecule has 0 amide bonds. The Bertz CT molecular complexity index is 457. The average molecular weight is 335 g/mol. The van der Waals surface area contributed by atoms with Gasteiger partial charge in [0.1, 0.15) is 11.5 Å². The molecule has 0 saturated carbocycles. The van der Waals surface area contributed by atoms with Crippen LogP contribution in [0, 0.1) is 15.9 Å². The molecule has 1 aromatic rings. The highest BCUT2D eigenvalue weighted by Crippen LogP contribution is 2.33. The van der Waals surface area contributed by atoms with Gasteiger partial charge in [-0.3, -0.25) is 10.1 Å². The zero-order valence-electron chi connectivity index (χ0n) is 10.6. The molecule has 1 aromatic carbocycles. The largest absolute Gasteiger partial charge is 0.395 e. The van der Waals surface area contributed by atoms with Crippen LogP contribution >= 0.6 is 15.9 Å². The number of hydrogen-bond acceptors (Lipinski definition) is 4. The standard InChI is InChI=1S/C12H16BrFN2O3/c1-2-3-4-15(5-6-17)11-8-10(14)9(13)7-12(11)16(18)19/h7-8,17H,2-6H2,1H3. The summed E-state index contributed by atoms with van der Waals surface area (Å²) < 4.78 is 13.6. The number of nitro groups is 1. The Labute approximate surface area is 119 Å². The van der Waals surface area contributed by atoms with Crippen molar-refractivity contribution in [1.29, 1.82) is 0 Å². The van der Waals surface area contributed by atoms with E-state index in [-0.39, 0.29) is 29.0 Å². The Morgan fingerprint density at radius 2 is 2.16 bits per heavy atom. The minimum atomic E-state index is -0.556. The van der Waals surface area contributed by atoms with Crippen molar-refractivity contribution in [3.8, 4) is 0 Å². The Kier molecular flexibility index (Phi) is 6.17. The molecular weight excluding hydrogens is 319 g/mol. The second-order valence-electron chi connectivity index (χ2n) is 4.08. The lowest BCUT2D eigenvalue weighted by atomic mass is 10.2. The van der Waals surface area contributed by atoms with E-state index in [1.807, 2.05) is 6.92 Å². The van der Waals surface area contributed by atoms with Gasteiger partial charge in [-0.1, -0.05) is 13.3 Å². The van der Waals surface area contributed by atoms with Gasteiger partial charge >= 0.3 is 0 Å². The first kappa shape index (κ1) is 15.8. The smallest absolute Gasteiger partial charge is 0.293 e. The highest BCUT2D eigenvalue weighted by Gasteiger charge is 2.21. The first-order valence-electron chi connectivity index (χ1n) is 6.00. The van der Waals surface area contributed by atoms with Crippen molar-refractivity contribution in [2.45, 2.75) is 19.8 Å². The van der Waals surface area contributed by atoms with E-state index in [1.54, 1.807) is 4.90 Å². The SMILES string of the molecule is CCCCN(CCO)c1cc(F)c(Br)cc1[N+](=O)[O-]. The second-order valence-corrected chi connectivity index (χ2v) is 4.93. The quantitative estimate of drug-likeness (QED) is 0.614. The van der Waals surface area contributed by atoms with Crippen molar-refractivity contribution in [1.82, 2.24) is 0 Å². The second kappa shape index (κ2) is 7.40. The van der Waals surface area contributed by atoms with E-state index >= 15 is 0 Å². The number of nitrogens with zero attached hydrogens (tertiary/aromatic N) is 2. The molecule has 0 aliphatic rings. The molecule has 106 valence electrons. The third-order valence-electron chi connectivity index (χ3n) is 2.71. The summed E-state index contributed by atoms with van der Waals surface area (Å²) >= 11 is 2.94. The number of aliphatic hydroxyl groups excluding tert-OH is 1. The molecule has 19 heavy (non-hydrogen) atoms. The molecule has 0 bridgehead atoms. The first-order chi connectivity index (χ1) is 9.01. The minimum absolute atomic E-state index is 0.0578. The van der Waals surface area contributed by atoms with Gasteiger partial charge in [-0.25, -0.2) is 4.39 Å². The molecule has 0 heterocycles. The lowest BCUT2D eigenvalue weighted by Gasteiger charge is -2.23. The molecular formula is C12H16BrFN2O3. The van der Waals surface area contributed by atoms with E-state index in [9.17, 15) is 14.5 Å². The van der Waals surface area contributed by atoms with E-state index in [1.165, 1.54) is 0 Å². The van der Waals surface area contributed by atoms with Crippen molar-refractivity contribution in [3.05, 3.63) is 32.5 Å². The topological polar surface area (TPSA) is 66.6 Å². The van der Waals surface area contributed by atoms with E-state index in [0.717, 1.165) is 25.0 Å². The van der Waals surface area contributed by atoms with Crippen LogP contribution in [-0.4, -0.2) is 29.7 Å². The summed E-state index contributed by atoms with van der Waals surface area (Å²) in [6.45, 7) is 2.63. The fraction of sp³-hybridized carbons (Fsp3) is 0.500. The van der Waals surface area contributed by atoms with E-state index < -0.39 is 10.7 Å². The molecule has 0 aliphatic carbocycles. The maximum atomic E-state index is 13.6. The van der Waals surface area contributed by atoms with Gasteiger partial charge in [-0.05, 0) is 22.4 Å². The molecule has 7 heteroatoms. The van der Waals surface area contributed by atoms with Crippen molar-refractivity contribution in [3.63, 3.8) is 0 Å². The summed E-state index contributed by atoms with van der Waals surface area (Å²) in [5, 5.41) is 20.1. The zero-order valence-corrected chi connectivity index (χ0v) is 12.2. The third kappa shape index (κ3) is 4.14. The molecule has 5 nitrogen and oxygen atoms in total. The Morgan fingerprint density at radius 1 is 1.47 bits per heavy atom. The normalized spacial score (nSPS) is 10.5. The zero-order chi connectivity index (χ0) is 14.4.